The highest BCUT2D eigenvalue weighted by Crippen LogP contribution is 2.32. The number of carbonyl (C=O) groups is 2. The van der Waals surface area contributed by atoms with Crippen LogP contribution in [-0.4, -0.2) is 49.4 Å². The fourth-order valence-electron chi connectivity index (χ4n) is 3.28. The molecule has 1 N–H and O–H groups in total. The molecule has 0 bridgehead atoms. The summed E-state index contributed by atoms with van der Waals surface area (Å²) in [4.78, 5) is 25.7. The lowest BCUT2D eigenvalue weighted by atomic mass is 9.92. The Labute approximate surface area is 181 Å². The van der Waals surface area contributed by atoms with Crippen molar-refractivity contribution in [1.82, 2.24) is 4.90 Å². The van der Waals surface area contributed by atoms with Gasteiger partial charge in [-0.2, -0.15) is 0 Å². The van der Waals surface area contributed by atoms with Crippen LogP contribution in [0.1, 0.15) is 39.4 Å². The Kier molecular flexibility index (Phi) is 7.44. The van der Waals surface area contributed by atoms with Crippen molar-refractivity contribution in [2.75, 3.05) is 21.2 Å². The highest BCUT2D eigenvalue weighted by molar-refractivity contribution is 5.91. The summed E-state index contributed by atoms with van der Waals surface area (Å²) in [7, 11) is 4.68. The van der Waals surface area contributed by atoms with E-state index in [0.717, 1.165) is 16.7 Å². The topological polar surface area (TPSA) is 85.3 Å². The number of rotatable bonds is 7. The molecule has 7 heteroatoms. The summed E-state index contributed by atoms with van der Waals surface area (Å²) >= 11 is 0. The third-order valence-corrected chi connectivity index (χ3v) is 5.08. The minimum absolute atomic E-state index is 0.00980. The van der Waals surface area contributed by atoms with Crippen molar-refractivity contribution in [3.63, 3.8) is 0 Å². The molecule has 0 aliphatic carbocycles. The van der Waals surface area contributed by atoms with Crippen LogP contribution >= 0.6 is 0 Å². The number of likely N-dealkylation sites (N-methyl/N-ethyl adjacent to an activating group) is 1. The van der Waals surface area contributed by atoms with Gasteiger partial charge in [0, 0.05) is 26.4 Å². The van der Waals surface area contributed by atoms with Crippen molar-refractivity contribution in [2.45, 2.75) is 31.8 Å². The van der Waals surface area contributed by atoms with Crippen molar-refractivity contribution in [1.29, 1.82) is 0 Å². The average Bonchev–Trinajstić information content (AvgIpc) is 2.81. The number of ether oxygens (including phenoxy) is 3. The number of benzene rings is 2. The molecular weight excluding hydrogens is 398 g/mol. The van der Waals surface area contributed by atoms with Gasteiger partial charge in [0.15, 0.2) is 5.76 Å². The van der Waals surface area contributed by atoms with Crippen molar-refractivity contribution in [3.8, 4) is 0 Å². The molecule has 7 nitrogen and oxygen atoms in total. The molecule has 164 valence electrons. The second-order valence-corrected chi connectivity index (χ2v) is 7.52. The molecule has 3 rings (SSSR count). The number of hydrogen-bond donors (Lipinski definition) is 1. The summed E-state index contributed by atoms with van der Waals surface area (Å²) in [6.45, 7) is 0.304. The number of aliphatic hydroxyl groups is 1. The second-order valence-electron chi connectivity index (χ2n) is 7.52. The number of allylic oxidation sites excluding steroid dienone is 1. The molecule has 2 aromatic rings. The van der Waals surface area contributed by atoms with Crippen LogP contribution in [0.25, 0.3) is 0 Å². The maximum absolute atomic E-state index is 12.5. The number of amides is 1. The Morgan fingerprint density at radius 2 is 1.71 bits per heavy atom. The smallest absolute Gasteiger partial charge is 0.337 e. The van der Waals surface area contributed by atoms with Crippen LogP contribution < -0.4 is 0 Å². The maximum atomic E-state index is 12.5. The van der Waals surface area contributed by atoms with Crippen LogP contribution in [0.2, 0.25) is 0 Å². The summed E-state index contributed by atoms with van der Waals surface area (Å²) in [5.74, 6) is -0.511. The van der Waals surface area contributed by atoms with E-state index < -0.39 is 12.3 Å². The van der Waals surface area contributed by atoms with Gasteiger partial charge in [0.25, 0.3) is 5.91 Å². The van der Waals surface area contributed by atoms with E-state index in [1.54, 1.807) is 32.3 Å². The fourth-order valence-corrected chi connectivity index (χ4v) is 3.28. The molecule has 1 aliphatic heterocycles. The third kappa shape index (κ3) is 5.71. The molecule has 0 spiro atoms. The van der Waals surface area contributed by atoms with Crippen LogP contribution in [0.5, 0.6) is 0 Å². The number of nitrogens with zero attached hydrogens (tertiary/aromatic N) is 1. The zero-order valence-corrected chi connectivity index (χ0v) is 17.9. The molecule has 0 radical (unpaired) electrons. The molecule has 31 heavy (non-hydrogen) atoms. The zero-order valence-electron chi connectivity index (χ0n) is 17.9. The monoisotopic (exact) mass is 425 g/mol. The van der Waals surface area contributed by atoms with E-state index in [1.807, 2.05) is 36.4 Å². The first-order valence-corrected chi connectivity index (χ1v) is 10.00. The molecule has 1 amide bonds. The molecule has 1 aliphatic rings. The first-order valence-electron chi connectivity index (χ1n) is 10.00. The van der Waals surface area contributed by atoms with Gasteiger partial charge in [0.2, 0.25) is 6.29 Å². The standard InChI is InChI=1S/C24H27NO6/c1-25(2)23(27)21-12-20(18-8-10-19(11-9-18)24(28)29-3)13-22(31-21)30-15-17-6-4-16(14-26)5-7-17/h4-12,20,22,26H,13-15H2,1-3H3/t20-,22+/m0/s1. The van der Waals surface area contributed by atoms with E-state index in [2.05, 4.69) is 0 Å². The van der Waals surface area contributed by atoms with E-state index in [0.29, 0.717) is 18.6 Å². The number of aliphatic hydroxyl groups excluding tert-OH is 1. The zero-order chi connectivity index (χ0) is 22.4. The number of carbonyl (C=O) groups excluding carboxylic acids is 2. The van der Waals surface area contributed by atoms with Gasteiger partial charge in [0.05, 0.1) is 25.9 Å². The minimum atomic E-state index is -0.605. The molecule has 0 saturated carbocycles. The normalized spacial score (nSPS) is 18.0. The SMILES string of the molecule is COC(=O)c1ccc([C@H]2C=C(C(=O)N(C)C)O[C@@H](OCc3ccc(CO)cc3)C2)cc1. The first kappa shape index (κ1) is 22.5. The third-order valence-electron chi connectivity index (χ3n) is 5.08. The Hall–Kier alpha value is -3.16. The Morgan fingerprint density at radius 1 is 1.06 bits per heavy atom. The van der Waals surface area contributed by atoms with E-state index >= 15 is 0 Å². The lowest BCUT2D eigenvalue weighted by Gasteiger charge is -2.30. The van der Waals surface area contributed by atoms with Crippen molar-refractivity contribution in [3.05, 3.63) is 82.6 Å². The van der Waals surface area contributed by atoms with Gasteiger partial charge in [-0.25, -0.2) is 4.79 Å². The molecule has 0 unspecified atom stereocenters. The minimum Gasteiger partial charge on any atom is -0.465 e. The predicted molar refractivity (Wildman–Crippen MR) is 114 cm³/mol. The first-order chi connectivity index (χ1) is 14.9. The van der Waals surface area contributed by atoms with Crippen molar-refractivity contribution >= 4 is 11.9 Å². The summed E-state index contributed by atoms with van der Waals surface area (Å²) in [5, 5.41) is 9.17. The van der Waals surface area contributed by atoms with Gasteiger partial charge in [0.1, 0.15) is 0 Å². The second kappa shape index (κ2) is 10.2. The van der Waals surface area contributed by atoms with Crippen molar-refractivity contribution in [2.24, 2.45) is 0 Å². The van der Waals surface area contributed by atoms with E-state index in [9.17, 15) is 9.59 Å². The Balaban J connectivity index is 1.76. The molecule has 1 heterocycles. The number of esters is 1. The maximum Gasteiger partial charge on any atom is 0.337 e. The summed E-state index contributed by atoms with van der Waals surface area (Å²) < 4.78 is 16.6. The Morgan fingerprint density at radius 3 is 2.29 bits per heavy atom. The highest BCUT2D eigenvalue weighted by atomic mass is 16.7. The molecule has 0 aromatic heterocycles. The van der Waals surface area contributed by atoms with Gasteiger partial charge in [-0.1, -0.05) is 36.4 Å². The summed E-state index contributed by atoms with van der Waals surface area (Å²) in [6.07, 6.45) is 1.72. The molecule has 0 fully saturated rings. The summed E-state index contributed by atoms with van der Waals surface area (Å²) in [6, 6.07) is 14.6. The van der Waals surface area contributed by atoms with Crippen molar-refractivity contribution < 1.29 is 28.9 Å². The quantitative estimate of drug-likeness (QED) is 0.687. The lowest BCUT2D eigenvalue weighted by Crippen LogP contribution is -2.32. The lowest BCUT2D eigenvalue weighted by molar-refractivity contribution is -0.154. The molecular formula is C24H27NO6. The largest absolute Gasteiger partial charge is 0.465 e. The van der Waals surface area contributed by atoms with Crippen LogP contribution in [-0.2, 0) is 32.2 Å². The van der Waals surface area contributed by atoms with Gasteiger partial charge < -0.3 is 24.2 Å². The summed E-state index contributed by atoms with van der Waals surface area (Å²) in [5.41, 5.74) is 3.18. The molecule has 2 aromatic carbocycles. The predicted octanol–water partition coefficient (Wildman–Crippen LogP) is 2.98. The van der Waals surface area contributed by atoms with Gasteiger partial charge in [-0.05, 0) is 34.9 Å². The van der Waals surface area contributed by atoms with Crippen LogP contribution in [0.15, 0.2) is 60.4 Å². The van der Waals surface area contributed by atoms with E-state index in [4.69, 9.17) is 19.3 Å². The Bertz CT molecular complexity index is 934. The average molecular weight is 425 g/mol. The van der Waals surface area contributed by atoms with Gasteiger partial charge in [-0.15, -0.1) is 0 Å². The number of hydrogen-bond acceptors (Lipinski definition) is 6. The van der Waals surface area contributed by atoms with E-state index in [-0.39, 0.29) is 24.2 Å². The molecule has 0 saturated heterocycles. The van der Waals surface area contributed by atoms with Gasteiger partial charge in [-0.3, -0.25) is 4.79 Å². The highest BCUT2D eigenvalue weighted by Gasteiger charge is 2.29. The van der Waals surface area contributed by atoms with Crippen LogP contribution in [0.3, 0.4) is 0 Å². The van der Waals surface area contributed by atoms with Crippen LogP contribution in [0.4, 0.5) is 0 Å². The number of methoxy groups -OCH3 is 1. The molecule has 2 atom stereocenters. The van der Waals surface area contributed by atoms with E-state index in [1.165, 1.54) is 12.0 Å². The van der Waals surface area contributed by atoms with Crippen LogP contribution in [0, 0.1) is 0 Å². The van der Waals surface area contributed by atoms with Gasteiger partial charge >= 0.3 is 5.97 Å². The fraction of sp³-hybridized carbons (Fsp3) is 0.333.